The molecule has 0 fully saturated rings. The van der Waals surface area contributed by atoms with Gasteiger partial charge in [-0.2, -0.15) is 0 Å². The number of carbonyl (C=O) groups excluding carboxylic acids is 2. The van der Waals surface area contributed by atoms with Crippen LogP contribution in [0.4, 0.5) is 0 Å². The average molecular weight is 258 g/mol. The number of hydrazine groups is 1. The van der Waals surface area contributed by atoms with Crippen LogP contribution in [-0.2, 0) is 4.79 Å². The maximum atomic E-state index is 11.7. The van der Waals surface area contributed by atoms with Crippen molar-refractivity contribution in [2.45, 2.75) is 6.04 Å². The Balaban J connectivity index is 2.78. The maximum absolute atomic E-state index is 11.7. The molecule has 7 heteroatoms. The fraction of sp³-hybridized carbons (Fsp3) is 0.200. The number of nitrogens with one attached hydrogen (secondary N) is 2. The standard InChI is InChI=1S/C10H12ClN3O3/c11-7-4-2-1-3-6(7)9(16)13-8(5-15)10(17)14-12/h1-4,8,15H,5,12H2,(H,13,16)(H,14,17). The summed E-state index contributed by atoms with van der Waals surface area (Å²) in [5.74, 6) is 3.66. The number of benzene rings is 1. The van der Waals surface area contributed by atoms with Gasteiger partial charge in [-0.25, -0.2) is 5.84 Å². The zero-order valence-corrected chi connectivity index (χ0v) is 9.57. The summed E-state index contributed by atoms with van der Waals surface area (Å²) in [5.41, 5.74) is 2.06. The molecule has 0 saturated heterocycles. The van der Waals surface area contributed by atoms with Gasteiger partial charge < -0.3 is 10.4 Å². The fourth-order valence-electron chi connectivity index (χ4n) is 1.18. The predicted octanol–water partition coefficient (Wildman–Crippen LogP) is -0.579. The largest absolute Gasteiger partial charge is 0.394 e. The van der Waals surface area contributed by atoms with Gasteiger partial charge in [0.1, 0.15) is 6.04 Å². The van der Waals surface area contributed by atoms with Crippen molar-refractivity contribution >= 4 is 23.4 Å². The van der Waals surface area contributed by atoms with Crippen LogP contribution >= 0.6 is 11.6 Å². The number of hydrogen-bond donors (Lipinski definition) is 4. The summed E-state index contributed by atoms with van der Waals surface area (Å²) in [7, 11) is 0. The second-order valence-corrected chi connectivity index (χ2v) is 3.60. The molecule has 17 heavy (non-hydrogen) atoms. The summed E-state index contributed by atoms with van der Waals surface area (Å²) >= 11 is 5.81. The van der Waals surface area contributed by atoms with Gasteiger partial charge >= 0.3 is 0 Å². The van der Waals surface area contributed by atoms with Crippen LogP contribution in [0.2, 0.25) is 5.02 Å². The number of rotatable bonds is 4. The minimum Gasteiger partial charge on any atom is -0.394 e. The number of aliphatic hydroxyl groups excluding tert-OH is 1. The predicted molar refractivity (Wildman–Crippen MR) is 62.1 cm³/mol. The first-order valence-corrected chi connectivity index (χ1v) is 5.14. The van der Waals surface area contributed by atoms with Gasteiger partial charge in [-0.05, 0) is 12.1 Å². The molecule has 1 unspecified atom stereocenters. The molecule has 1 rings (SSSR count). The molecule has 1 aromatic carbocycles. The third-order valence-electron chi connectivity index (χ3n) is 2.07. The summed E-state index contributed by atoms with van der Waals surface area (Å²) in [4.78, 5) is 22.9. The molecule has 1 atom stereocenters. The molecule has 92 valence electrons. The SMILES string of the molecule is NNC(=O)C(CO)NC(=O)c1ccccc1Cl. The molecular formula is C10H12ClN3O3. The molecule has 0 aromatic heterocycles. The second kappa shape index (κ2) is 6.19. The molecular weight excluding hydrogens is 246 g/mol. The lowest BCUT2D eigenvalue weighted by Gasteiger charge is -2.14. The van der Waals surface area contributed by atoms with Crippen molar-refractivity contribution in [2.24, 2.45) is 5.84 Å². The molecule has 0 aliphatic carbocycles. The quantitative estimate of drug-likeness (QED) is 0.329. The summed E-state index contributed by atoms with van der Waals surface area (Å²) in [5, 5.41) is 11.5. The molecule has 5 N–H and O–H groups in total. The van der Waals surface area contributed by atoms with E-state index in [0.29, 0.717) is 0 Å². The summed E-state index contributed by atoms with van der Waals surface area (Å²) in [6.07, 6.45) is 0. The number of halogens is 1. The van der Waals surface area contributed by atoms with Gasteiger partial charge in [-0.3, -0.25) is 15.0 Å². The van der Waals surface area contributed by atoms with Gasteiger partial charge in [0.25, 0.3) is 11.8 Å². The van der Waals surface area contributed by atoms with Crippen LogP contribution in [-0.4, -0.2) is 29.6 Å². The highest BCUT2D eigenvalue weighted by molar-refractivity contribution is 6.33. The molecule has 2 amide bonds. The summed E-state index contributed by atoms with van der Waals surface area (Å²) in [6.45, 7) is -0.556. The molecule has 0 bridgehead atoms. The van der Waals surface area contributed by atoms with E-state index in [9.17, 15) is 9.59 Å². The third-order valence-corrected chi connectivity index (χ3v) is 2.39. The van der Waals surface area contributed by atoms with Crippen LogP contribution in [0.25, 0.3) is 0 Å². The Kier molecular flexibility index (Phi) is 4.89. The van der Waals surface area contributed by atoms with Crippen LogP contribution in [0, 0.1) is 0 Å². The molecule has 1 aromatic rings. The van der Waals surface area contributed by atoms with Crippen LogP contribution in [0.15, 0.2) is 24.3 Å². The number of hydrogen-bond acceptors (Lipinski definition) is 4. The van der Waals surface area contributed by atoms with E-state index in [1.165, 1.54) is 6.07 Å². The van der Waals surface area contributed by atoms with Crippen molar-refractivity contribution in [2.75, 3.05) is 6.61 Å². The molecule has 0 aliphatic rings. The Morgan fingerprint density at radius 1 is 1.41 bits per heavy atom. The van der Waals surface area contributed by atoms with E-state index in [1.807, 2.05) is 5.43 Å². The van der Waals surface area contributed by atoms with E-state index in [0.717, 1.165) is 0 Å². The van der Waals surface area contributed by atoms with E-state index in [2.05, 4.69) is 5.32 Å². The lowest BCUT2D eigenvalue weighted by molar-refractivity contribution is -0.123. The van der Waals surface area contributed by atoms with Gasteiger partial charge in [0, 0.05) is 0 Å². The normalized spacial score (nSPS) is 11.7. The summed E-state index contributed by atoms with van der Waals surface area (Å²) in [6, 6.07) is 5.26. The van der Waals surface area contributed by atoms with Crippen molar-refractivity contribution in [3.63, 3.8) is 0 Å². The van der Waals surface area contributed by atoms with Gasteiger partial charge in [0.05, 0.1) is 17.2 Å². The Labute approximate surface area is 103 Å². The Morgan fingerprint density at radius 2 is 2.06 bits per heavy atom. The first-order valence-electron chi connectivity index (χ1n) is 4.77. The van der Waals surface area contributed by atoms with E-state index in [1.54, 1.807) is 18.2 Å². The van der Waals surface area contributed by atoms with Crippen LogP contribution in [0.3, 0.4) is 0 Å². The molecule has 0 aliphatic heterocycles. The maximum Gasteiger partial charge on any atom is 0.258 e. The third kappa shape index (κ3) is 3.42. The molecule has 6 nitrogen and oxygen atoms in total. The first kappa shape index (κ1) is 13.4. The highest BCUT2D eigenvalue weighted by Gasteiger charge is 2.20. The van der Waals surface area contributed by atoms with Gasteiger partial charge in [0.2, 0.25) is 0 Å². The van der Waals surface area contributed by atoms with Gasteiger partial charge in [0.15, 0.2) is 0 Å². The molecule has 0 heterocycles. The average Bonchev–Trinajstić information content (AvgIpc) is 2.35. The Hall–Kier alpha value is -1.63. The summed E-state index contributed by atoms with van der Waals surface area (Å²) < 4.78 is 0. The monoisotopic (exact) mass is 257 g/mol. The first-order chi connectivity index (χ1) is 8.10. The van der Waals surface area contributed by atoms with Gasteiger partial charge in [-0.15, -0.1) is 0 Å². The minimum atomic E-state index is -1.11. The molecule has 0 spiro atoms. The number of carbonyl (C=O) groups is 2. The smallest absolute Gasteiger partial charge is 0.258 e. The van der Waals surface area contributed by atoms with Crippen molar-refractivity contribution in [1.82, 2.24) is 10.7 Å². The van der Waals surface area contributed by atoms with Crippen LogP contribution < -0.4 is 16.6 Å². The number of aliphatic hydroxyl groups is 1. The highest BCUT2D eigenvalue weighted by atomic mass is 35.5. The second-order valence-electron chi connectivity index (χ2n) is 3.20. The van der Waals surface area contributed by atoms with Crippen molar-refractivity contribution in [3.05, 3.63) is 34.9 Å². The van der Waals surface area contributed by atoms with Crippen molar-refractivity contribution < 1.29 is 14.7 Å². The van der Waals surface area contributed by atoms with E-state index >= 15 is 0 Å². The topological polar surface area (TPSA) is 104 Å². The van der Waals surface area contributed by atoms with Crippen LogP contribution in [0.1, 0.15) is 10.4 Å². The molecule has 0 saturated carbocycles. The van der Waals surface area contributed by atoms with Crippen molar-refractivity contribution in [3.8, 4) is 0 Å². The number of nitrogens with two attached hydrogens (primary N) is 1. The van der Waals surface area contributed by atoms with E-state index in [-0.39, 0.29) is 10.6 Å². The zero-order chi connectivity index (χ0) is 12.8. The van der Waals surface area contributed by atoms with Crippen LogP contribution in [0.5, 0.6) is 0 Å². The van der Waals surface area contributed by atoms with Crippen molar-refractivity contribution in [1.29, 1.82) is 0 Å². The minimum absolute atomic E-state index is 0.220. The highest BCUT2D eigenvalue weighted by Crippen LogP contribution is 2.14. The molecule has 0 radical (unpaired) electrons. The van der Waals surface area contributed by atoms with E-state index in [4.69, 9.17) is 22.6 Å². The van der Waals surface area contributed by atoms with E-state index < -0.39 is 24.5 Å². The fourth-order valence-corrected chi connectivity index (χ4v) is 1.40. The van der Waals surface area contributed by atoms with Gasteiger partial charge in [-0.1, -0.05) is 23.7 Å². The number of amides is 2. The lowest BCUT2D eigenvalue weighted by Crippen LogP contribution is -2.50. The lowest BCUT2D eigenvalue weighted by atomic mass is 10.2. The zero-order valence-electron chi connectivity index (χ0n) is 8.81. The Morgan fingerprint density at radius 3 is 2.59 bits per heavy atom. The Bertz CT molecular complexity index is 425.